The van der Waals surface area contributed by atoms with Crippen molar-refractivity contribution < 1.29 is 8.42 Å². The van der Waals surface area contributed by atoms with Gasteiger partial charge in [0.25, 0.3) is 10.0 Å². The molecule has 0 radical (unpaired) electrons. The van der Waals surface area contributed by atoms with Crippen LogP contribution in [0, 0.1) is 0 Å². The summed E-state index contributed by atoms with van der Waals surface area (Å²) in [5.74, 6) is 0. The number of nitrogens with one attached hydrogen (secondary N) is 2. The number of thiophene rings is 1. The molecule has 8 heteroatoms. The van der Waals surface area contributed by atoms with Gasteiger partial charge >= 0.3 is 0 Å². The molecule has 0 amide bonds. The third-order valence-corrected chi connectivity index (χ3v) is 6.54. The molecule has 0 spiro atoms. The largest absolute Gasteiger partial charge is 0.353 e. The lowest BCUT2D eigenvalue weighted by Gasteiger charge is -2.11. The standard InChI is InChI=1S/C16H12Cl2N2O2S2/c17-13-3-1-4-14(18)16(13)19-11-6-8-12(9-7-11)20-24(21,22)15-5-2-10-23-15/h1-10,19-20H. The van der Waals surface area contributed by atoms with E-state index in [2.05, 4.69) is 10.0 Å². The molecule has 0 saturated carbocycles. The van der Waals surface area contributed by atoms with Crippen LogP contribution in [0.5, 0.6) is 0 Å². The normalized spacial score (nSPS) is 11.2. The zero-order chi connectivity index (χ0) is 17.2. The Morgan fingerprint density at radius 2 is 1.46 bits per heavy atom. The highest BCUT2D eigenvalue weighted by Gasteiger charge is 2.15. The lowest BCUT2D eigenvalue weighted by Crippen LogP contribution is -2.11. The average molecular weight is 399 g/mol. The van der Waals surface area contributed by atoms with Crippen LogP contribution >= 0.6 is 34.5 Å². The summed E-state index contributed by atoms with van der Waals surface area (Å²) in [6.07, 6.45) is 0. The van der Waals surface area contributed by atoms with Gasteiger partial charge in [-0.25, -0.2) is 8.42 Å². The van der Waals surface area contributed by atoms with Gasteiger partial charge in [0.15, 0.2) is 0 Å². The van der Waals surface area contributed by atoms with Crippen molar-refractivity contribution >= 4 is 61.6 Å². The van der Waals surface area contributed by atoms with Crippen LogP contribution in [0.15, 0.2) is 64.2 Å². The Morgan fingerprint density at radius 3 is 2.04 bits per heavy atom. The number of benzene rings is 2. The fourth-order valence-electron chi connectivity index (χ4n) is 2.01. The van der Waals surface area contributed by atoms with E-state index in [0.29, 0.717) is 21.4 Å². The van der Waals surface area contributed by atoms with Gasteiger partial charge in [0.2, 0.25) is 0 Å². The molecular formula is C16H12Cl2N2O2S2. The summed E-state index contributed by atoms with van der Waals surface area (Å²) < 4.78 is 27.2. The maximum absolute atomic E-state index is 12.2. The van der Waals surface area contributed by atoms with Crippen LogP contribution in [-0.4, -0.2) is 8.42 Å². The van der Waals surface area contributed by atoms with Gasteiger partial charge in [0.05, 0.1) is 15.7 Å². The van der Waals surface area contributed by atoms with Gasteiger partial charge in [-0.05, 0) is 47.8 Å². The second kappa shape index (κ2) is 7.03. The van der Waals surface area contributed by atoms with E-state index in [4.69, 9.17) is 23.2 Å². The predicted octanol–water partition coefficient (Wildman–Crippen LogP) is 5.60. The van der Waals surface area contributed by atoms with E-state index in [1.54, 1.807) is 60.0 Å². The first-order valence-corrected chi connectivity index (χ1v) is 9.95. The van der Waals surface area contributed by atoms with Crippen LogP contribution < -0.4 is 10.0 Å². The summed E-state index contributed by atoms with van der Waals surface area (Å²) in [5.41, 5.74) is 1.82. The van der Waals surface area contributed by atoms with Gasteiger partial charge in [-0.1, -0.05) is 35.3 Å². The van der Waals surface area contributed by atoms with Crippen molar-refractivity contribution in [2.45, 2.75) is 4.21 Å². The number of rotatable bonds is 5. The summed E-state index contributed by atoms with van der Waals surface area (Å²) in [5, 5.41) is 5.85. The minimum Gasteiger partial charge on any atom is -0.353 e. The van der Waals surface area contributed by atoms with Crippen LogP contribution in [0.25, 0.3) is 0 Å². The fourth-order valence-corrected chi connectivity index (χ4v) is 4.55. The minimum absolute atomic E-state index is 0.271. The Hall–Kier alpha value is -1.73. The molecule has 3 aromatic rings. The van der Waals surface area contributed by atoms with Gasteiger partial charge in [-0.15, -0.1) is 11.3 Å². The smallest absolute Gasteiger partial charge is 0.271 e. The van der Waals surface area contributed by atoms with E-state index in [9.17, 15) is 8.42 Å². The van der Waals surface area contributed by atoms with Crippen molar-refractivity contribution in [3.8, 4) is 0 Å². The summed E-state index contributed by atoms with van der Waals surface area (Å²) in [4.78, 5) is 0. The first kappa shape index (κ1) is 17.1. The SMILES string of the molecule is O=S(=O)(Nc1ccc(Nc2c(Cl)cccc2Cl)cc1)c1cccs1. The summed E-state index contributed by atoms with van der Waals surface area (Å²) in [6, 6.07) is 15.3. The van der Waals surface area contributed by atoms with Crippen molar-refractivity contribution in [2.24, 2.45) is 0 Å². The number of hydrogen-bond donors (Lipinski definition) is 2. The molecule has 3 rings (SSSR count). The summed E-state index contributed by atoms with van der Waals surface area (Å²) >= 11 is 13.4. The second-order valence-electron chi connectivity index (χ2n) is 4.84. The lowest BCUT2D eigenvalue weighted by molar-refractivity contribution is 0.603. The van der Waals surface area contributed by atoms with Gasteiger partial charge in [-0.2, -0.15) is 0 Å². The predicted molar refractivity (Wildman–Crippen MR) is 101 cm³/mol. The number of para-hydroxylation sites is 1. The number of sulfonamides is 1. The summed E-state index contributed by atoms with van der Waals surface area (Å²) in [6.45, 7) is 0. The molecule has 0 aliphatic carbocycles. The average Bonchev–Trinajstić information content (AvgIpc) is 3.08. The molecule has 124 valence electrons. The first-order chi connectivity index (χ1) is 11.5. The fraction of sp³-hybridized carbons (Fsp3) is 0. The van der Waals surface area contributed by atoms with Crippen LogP contribution in [0.2, 0.25) is 10.0 Å². The van der Waals surface area contributed by atoms with Crippen LogP contribution in [-0.2, 0) is 10.0 Å². The molecule has 4 nitrogen and oxygen atoms in total. The highest BCUT2D eigenvalue weighted by Crippen LogP contribution is 2.33. The van der Waals surface area contributed by atoms with Crippen molar-refractivity contribution in [3.05, 3.63) is 70.0 Å². The molecule has 0 aliphatic heterocycles. The van der Waals surface area contributed by atoms with Crippen molar-refractivity contribution in [2.75, 3.05) is 10.0 Å². The molecule has 1 heterocycles. The van der Waals surface area contributed by atoms with E-state index < -0.39 is 10.0 Å². The van der Waals surface area contributed by atoms with Crippen LogP contribution in [0.1, 0.15) is 0 Å². The second-order valence-corrected chi connectivity index (χ2v) is 8.51. The van der Waals surface area contributed by atoms with Gasteiger partial charge in [0.1, 0.15) is 4.21 Å². The van der Waals surface area contributed by atoms with Crippen LogP contribution in [0.3, 0.4) is 0 Å². The molecule has 24 heavy (non-hydrogen) atoms. The van der Waals surface area contributed by atoms with E-state index in [0.717, 1.165) is 5.69 Å². The molecule has 0 bridgehead atoms. The highest BCUT2D eigenvalue weighted by molar-refractivity contribution is 7.94. The quantitative estimate of drug-likeness (QED) is 0.587. The molecule has 0 saturated heterocycles. The first-order valence-electron chi connectivity index (χ1n) is 6.83. The lowest BCUT2D eigenvalue weighted by atomic mass is 10.2. The zero-order valence-electron chi connectivity index (χ0n) is 12.2. The molecule has 0 unspecified atom stereocenters. The maximum atomic E-state index is 12.2. The maximum Gasteiger partial charge on any atom is 0.271 e. The summed E-state index contributed by atoms with van der Waals surface area (Å²) in [7, 11) is -3.55. The van der Waals surface area contributed by atoms with E-state index in [1.165, 1.54) is 11.3 Å². The molecule has 2 aromatic carbocycles. The molecule has 0 aliphatic rings. The third-order valence-electron chi connectivity index (χ3n) is 3.13. The van der Waals surface area contributed by atoms with E-state index in [-0.39, 0.29) is 4.21 Å². The van der Waals surface area contributed by atoms with E-state index in [1.807, 2.05) is 0 Å². The Bertz CT molecular complexity index is 920. The Morgan fingerprint density at radius 1 is 0.833 bits per heavy atom. The highest BCUT2D eigenvalue weighted by atomic mass is 35.5. The number of anilines is 3. The Kier molecular flexibility index (Phi) is 5.01. The molecule has 1 aromatic heterocycles. The molecule has 2 N–H and O–H groups in total. The molecular weight excluding hydrogens is 387 g/mol. The molecule has 0 fully saturated rings. The number of hydrogen-bond acceptors (Lipinski definition) is 4. The van der Waals surface area contributed by atoms with Crippen molar-refractivity contribution in [3.63, 3.8) is 0 Å². The van der Waals surface area contributed by atoms with Gasteiger partial charge in [0, 0.05) is 11.4 Å². The third kappa shape index (κ3) is 3.84. The van der Waals surface area contributed by atoms with Crippen molar-refractivity contribution in [1.29, 1.82) is 0 Å². The zero-order valence-corrected chi connectivity index (χ0v) is 15.3. The van der Waals surface area contributed by atoms with Crippen molar-refractivity contribution in [1.82, 2.24) is 0 Å². The van der Waals surface area contributed by atoms with Crippen LogP contribution in [0.4, 0.5) is 17.1 Å². The van der Waals surface area contributed by atoms with Gasteiger partial charge < -0.3 is 5.32 Å². The van der Waals surface area contributed by atoms with Gasteiger partial charge in [-0.3, -0.25) is 4.72 Å². The van der Waals surface area contributed by atoms with E-state index >= 15 is 0 Å². The minimum atomic E-state index is -3.55. The Balaban J connectivity index is 1.77. The Labute approximate surface area is 154 Å². The molecule has 0 atom stereocenters. The monoisotopic (exact) mass is 398 g/mol. The topological polar surface area (TPSA) is 58.2 Å². The number of halogens is 2.